The topological polar surface area (TPSA) is 124 Å². The lowest BCUT2D eigenvalue weighted by molar-refractivity contribution is -0.0502. The zero-order chi connectivity index (χ0) is 23.3. The number of carbonyl (C=O) groups is 1. The van der Waals surface area contributed by atoms with Crippen molar-refractivity contribution in [3.05, 3.63) is 47.7 Å². The molecule has 0 atom stereocenters. The molecule has 1 aliphatic rings. The summed E-state index contributed by atoms with van der Waals surface area (Å²) in [6, 6.07) is 8.05. The van der Waals surface area contributed by atoms with E-state index in [1.807, 2.05) is 0 Å². The first-order valence-electron chi connectivity index (χ1n) is 9.85. The highest BCUT2D eigenvalue weighted by molar-refractivity contribution is 6.10. The van der Waals surface area contributed by atoms with Crippen LogP contribution in [0.2, 0.25) is 0 Å². The molecule has 2 aromatic carbocycles. The molecule has 6 N–H and O–H groups in total. The lowest BCUT2D eigenvalue weighted by Crippen LogP contribution is -2.26. The molecule has 0 bridgehead atoms. The number of halogens is 2. The smallest absolute Gasteiger partial charge is 0.387 e. The molecule has 0 spiro atoms. The number of methoxy groups -OCH3 is 1. The van der Waals surface area contributed by atoms with Crippen molar-refractivity contribution in [1.82, 2.24) is 5.32 Å². The van der Waals surface area contributed by atoms with Gasteiger partial charge in [-0.15, -0.1) is 0 Å². The SMILES string of the molecule is CN=CC(=CN)c1ccc(Nc2cc(OC)c(C(=O)NC3CC3)c(OC(F)F)c2)c(N)c1. The summed E-state index contributed by atoms with van der Waals surface area (Å²) in [5.41, 5.74) is 14.4. The number of alkyl halides is 2. The van der Waals surface area contributed by atoms with Crippen molar-refractivity contribution < 1.29 is 23.0 Å². The number of nitrogen functional groups attached to an aromatic ring is 1. The fraction of sp³-hybridized carbons (Fsp3) is 0.273. The quantitative estimate of drug-likeness (QED) is 0.346. The highest BCUT2D eigenvalue weighted by atomic mass is 19.3. The van der Waals surface area contributed by atoms with Crippen LogP contribution in [-0.2, 0) is 0 Å². The average molecular weight is 445 g/mol. The van der Waals surface area contributed by atoms with E-state index in [1.54, 1.807) is 31.5 Å². The fourth-order valence-corrected chi connectivity index (χ4v) is 3.09. The van der Waals surface area contributed by atoms with E-state index in [-0.39, 0.29) is 23.1 Å². The Morgan fingerprint density at radius 1 is 1.25 bits per heavy atom. The van der Waals surface area contributed by atoms with Crippen molar-refractivity contribution in [2.45, 2.75) is 25.5 Å². The molecule has 1 fully saturated rings. The molecule has 0 unspecified atom stereocenters. The number of nitrogens with two attached hydrogens (primary N) is 2. The maximum absolute atomic E-state index is 13.1. The molecule has 0 heterocycles. The minimum absolute atomic E-state index is 0.0351. The predicted molar refractivity (Wildman–Crippen MR) is 121 cm³/mol. The second kappa shape index (κ2) is 9.99. The van der Waals surface area contributed by atoms with Crippen LogP contribution in [0.3, 0.4) is 0 Å². The number of hydrogen-bond acceptors (Lipinski definition) is 7. The molecule has 3 rings (SSSR count). The minimum atomic E-state index is -3.12. The molecule has 1 amide bonds. The number of allylic oxidation sites excluding steroid dienone is 1. The van der Waals surface area contributed by atoms with Gasteiger partial charge in [-0.1, -0.05) is 6.07 Å². The Hall–Kier alpha value is -3.82. The highest BCUT2D eigenvalue weighted by Crippen LogP contribution is 2.37. The first-order chi connectivity index (χ1) is 15.4. The van der Waals surface area contributed by atoms with Crippen LogP contribution in [0.5, 0.6) is 11.5 Å². The van der Waals surface area contributed by atoms with Crippen molar-refractivity contribution in [1.29, 1.82) is 0 Å². The molecule has 32 heavy (non-hydrogen) atoms. The summed E-state index contributed by atoms with van der Waals surface area (Å²) in [6.45, 7) is -3.12. The number of carbonyl (C=O) groups excluding carboxylic acids is 1. The van der Waals surface area contributed by atoms with Gasteiger partial charge in [0.1, 0.15) is 17.1 Å². The lowest BCUT2D eigenvalue weighted by Gasteiger charge is -2.18. The largest absolute Gasteiger partial charge is 0.496 e. The lowest BCUT2D eigenvalue weighted by atomic mass is 10.1. The molecular formula is C22H25F2N5O3. The van der Waals surface area contributed by atoms with Crippen LogP contribution in [0, 0.1) is 0 Å². The summed E-state index contributed by atoms with van der Waals surface area (Å²) >= 11 is 0. The van der Waals surface area contributed by atoms with E-state index in [1.165, 1.54) is 25.4 Å². The van der Waals surface area contributed by atoms with Crippen LogP contribution in [-0.4, -0.2) is 38.9 Å². The van der Waals surface area contributed by atoms with E-state index in [4.69, 9.17) is 16.2 Å². The third-order valence-electron chi connectivity index (χ3n) is 4.75. The van der Waals surface area contributed by atoms with Gasteiger partial charge in [-0.3, -0.25) is 9.79 Å². The average Bonchev–Trinajstić information content (AvgIpc) is 3.56. The number of nitrogens with one attached hydrogen (secondary N) is 2. The first kappa shape index (κ1) is 22.9. The van der Waals surface area contributed by atoms with Crippen LogP contribution < -0.4 is 31.6 Å². The van der Waals surface area contributed by atoms with Crippen LogP contribution >= 0.6 is 0 Å². The second-order valence-corrected chi connectivity index (χ2v) is 7.11. The van der Waals surface area contributed by atoms with Crippen molar-refractivity contribution in [3.63, 3.8) is 0 Å². The van der Waals surface area contributed by atoms with Gasteiger partial charge in [0.25, 0.3) is 5.91 Å². The first-order valence-corrected chi connectivity index (χ1v) is 9.85. The van der Waals surface area contributed by atoms with Gasteiger partial charge < -0.3 is 31.6 Å². The molecule has 10 heteroatoms. The molecule has 0 saturated heterocycles. The Kier molecular flexibility index (Phi) is 7.14. The van der Waals surface area contributed by atoms with Crippen LogP contribution in [0.25, 0.3) is 5.57 Å². The maximum Gasteiger partial charge on any atom is 0.387 e. The van der Waals surface area contributed by atoms with Gasteiger partial charge in [-0.25, -0.2) is 0 Å². The zero-order valence-corrected chi connectivity index (χ0v) is 17.7. The molecule has 2 aromatic rings. The van der Waals surface area contributed by atoms with Crippen molar-refractivity contribution >= 4 is 34.8 Å². The van der Waals surface area contributed by atoms with E-state index >= 15 is 0 Å². The number of aliphatic imine (C=N–C) groups is 1. The molecule has 0 aliphatic heterocycles. The van der Waals surface area contributed by atoms with Gasteiger partial charge in [0.2, 0.25) is 0 Å². The fourth-order valence-electron chi connectivity index (χ4n) is 3.09. The van der Waals surface area contributed by atoms with Gasteiger partial charge in [0.05, 0.1) is 18.5 Å². The number of amides is 1. The van der Waals surface area contributed by atoms with Gasteiger partial charge in [0.15, 0.2) is 0 Å². The Morgan fingerprint density at radius 3 is 2.53 bits per heavy atom. The molecular weight excluding hydrogens is 420 g/mol. The second-order valence-electron chi connectivity index (χ2n) is 7.11. The maximum atomic E-state index is 13.1. The Balaban J connectivity index is 1.94. The molecule has 1 aliphatic carbocycles. The Bertz CT molecular complexity index is 1050. The van der Waals surface area contributed by atoms with Gasteiger partial charge in [-0.2, -0.15) is 8.78 Å². The number of benzene rings is 2. The molecule has 1 saturated carbocycles. The predicted octanol–water partition coefficient (Wildman–Crippen LogP) is 3.51. The molecule has 8 nitrogen and oxygen atoms in total. The van der Waals surface area contributed by atoms with Crippen molar-refractivity contribution in [2.75, 3.05) is 25.2 Å². The summed E-state index contributed by atoms with van der Waals surface area (Å²) in [4.78, 5) is 16.5. The third kappa shape index (κ3) is 5.45. The van der Waals surface area contributed by atoms with E-state index in [9.17, 15) is 13.6 Å². The summed E-state index contributed by atoms with van der Waals surface area (Å²) in [7, 11) is 2.97. The standard InChI is InChI=1S/C22H25F2N5O3/c1-27-11-13(10-25)12-3-6-17(16(26)7-12)28-15-8-18(31-2)20(19(9-15)32-22(23)24)21(30)29-14-4-5-14/h3,6-11,14,22,28H,4-5,25-26H2,1-2H3,(H,29,30). The molecule has 0 radical (unpaired) electrons. The van der Waals surface area contributed by atoms with E-state index in [2.05, 4.69) is 20.4 Å². The van der Waals surface area contributed by atoms with Crippen LogP contribution in [0.4, 0.5) is 25.8 Å². The molecule has 170 valence electrons. The monoisotopic (exact) mass is 445 g/mol. The van der Waals surface area contributed by atoms with Gasteiger partial charge in [0, 0.05) is 48.9 Å². The minimum Gasteiger partial charge on any atom is -0.496 e. The Morgan fingerprint density at radius 2 is 1.97 bits per heavy atom. The van der Waals surface area contributed by atoms with E-state index < -0.39 is 12.5 Å². The van der Waals surface area contributed by atoms with E-state index in [0.717, 1.165) is 18.4 Å². The van der Waals surface area contributed by atoms with Gasteiger partial charge in [-0.05, 0) is 30.5 Å². The third-order valence-corrected chi connectivity index (χ3v) is 4.75. The van der Waals surface area contributed by atoms with Crippen LogP contribution in [0.15, 0.2) is 41.5 Å². The summed E-state index contributed by atoms with van der Waals surface area (Å²) < 4.78 is 36.0. The summed E-state index contributed by atoms with van der Waals surface area (Å²) in [6.07, 6.45) is 4.71. The molecule has 0 aromatic heterocycles. The van der Waals surface area contributed by atoms with E-state index in [0.29, 0.717) is 22.6 Å². The number of hydrogen-bond donors (Lipinski definition) is 4. The van der Waals surface area contributed by atoms with Crippen molar-refractivity contribution in [2.24, 2.45) is 10.7 Å². The number of nitrogens with zero attached hydrogens (tertiary/aromatic N) is 1. The van der Waals surface area contributed by atoms with Crippen molar-refractivity contribution in [3.8, 4) is 11.5 Å². The normalized spacial score (nSPS) is 14.0. The zero-order valence-electron chi connectivity index (χ0n) is 17.7. The highest BCUT2D eigenvalue weighted by Gasteiger charge is 2.28. The van der Waals surface area contributed by atoms with Crippen LogP contribution in [0.1, 0.15) is 28.8 Å². The number of ether oxygens (including phenoxy) is 2. The summed E-state index contributed by atoms with van der Waals surface area (Å²) in [5.74, 6) is -0.747. The number of rotatable bonds is 9. The number of anilines is 3. The van der Waals surface area contributed by atoms with Gasteiger partial charge >= 0.3 is 6.61 Å². The summed E-state index contributed by atoms with van der Waals surface area (Å²) in [5, 5.41) is 5.81. The Labute approximate surface area is 184 Å².